The van der Waals surface area contributed by atoms with E-state index in [0.717, 1.165) is 24.8 Å². The number of anilines is 1. The molecule has 37 heavy (non-hydrogen) atoms. The van der Waals surface area contributed by atoms with Gasteiger partial charge in [-0.25, -0.2) is 8.42 Å². The zero-order chi connectivity index (χ0) is 26.0. The highest BCUT2D eigenvalue weighted by Gasteiger charge is 2.34. The van der Waals surface area contributed by atoms with Crippen molar-refractivity contribution >= 4 is 33.2 Å². The number of hydrogen-bond acceptors (Lipinski definition) is 6. The minimum atomic E-state index is -3.75. The quantitative estimate of drug-likeness (QED) is 0.330. The van der Waals surface area contributed by atoms with Crippen molar-refractivity contribution in [3.05, 3.63) is 95.0 Å². The van der Waals surface area contributed by atoms with Crippen molar-refractivity contribution in [2.75, 3.05) is 11.9 Å². The number of hydrogen-bond donors (Lipinski definition) is 1. The van der Waals surface area contributed by atoms with Crippen LogP contribution in [0, 0.1) is 6.92 Å². The summed E-state index contributed by atoms with van der Waals surface area (Å²) >= 11 is 6.30. The summed E-state index contributed by atoms with van der Waals surface area (Å²) in [5.41, 5.74) is 2.51. The minimum absolute atomic E-state index is 0.166. The molecule has 0 bridgehead atoms. The van der Waals surface area contributed by atoms with Gasteiger partial charge in [0.1, 0.15) is 17.0 Å². The van der Waals surface area contributed by atoms with E-state index in [0.29, 0.717) is 34.3 Å². The van der Waals surface area contributed by atoms with Crippen molar-refractivity contribution < 1.29 is 17.7 Å². The van der Waals surface area contributed by atoms with Crippen LogP contribution in [0.2, 0.25) is 5.02 Å². The standard InChI is InChI=1S/C27H25ClN4O4S/c1-18-25(26(31-36-18)22-8-2-3-9-23(22)28)27(33)30-20-11-13-21(14-12-20)37(34,35)32-16-5-4-10-24(32)19-7-6-15-29-17-19/h2-3,6-9,11-15,17,24H,4-5,10,16H2,1H3,(H,30,33). The van der Waals surface area contributed by atoms with Crippen molar-refractivity contribution in [1.82, 2.24) is 14.4 Å². The van der Waals surface area contributed by atoms with Gasteiger partial charge < -0.3 is 9.84 Å². The van der Waals surface area contributed by atoms with Gasteiger partial charge in [0.05, 0.1) is 16.0 Å². The Balaban J connectivity index is 1.37. The zero-order valence-electron chi connectivity index (χ0n) is 20.1. The maximum Gasteiger partial charge on any atom is 0.261 e. The fourth-order valence-corrected chi connectivity index (χ4v) is 6.52. The molecule has 8 nitrogen and oxygen atoms in total. The van der Waals surface area contributed by atoms with E-state index in [-0.39, 0.29) is 16.5 Å². The van der Waals surface area contributed by atoms with Gasteiger partial charge >= 0.3 is 0 Å². The summed E-state index contributed by atoms with van der Waals surface area (Å²) in [6.07, 6.45) is 5.90. The van der Waals surface area contributed by atoms with Gasteiger partial charge in [0, 0.05) is 30.2 Å². The lowest BCUT2D eigenvalue weighted by atomic mass is 9.99. The van der Waals surface area contributed by atoms with E-state index in [1.807, 2.05) is 12.1 Å². The Labute approximate surface area is 220 Å². The lowest BCUT2D eigenvalue weighted by Gasteiger charge is -2.34. The number of carbonyl (C=O) groups is 1. The monoisotopic (exact) mass is 536 g/mol. The number of aryl methyl sites for hydroxylation is 1. The van der Waals surface area contributed by atoms with E-state index in [1.54, 1.807) is 60.0 Å². The van der Waals surface area contributed by atoms with E-state index in [9.17, 15) is 13.2 Å². The predicted molar refractivity (Wildman–Crippen MR) is 141 cm³/mol. The van der Waals surface area contributed by atoms with Gasteiger partial charge in [-0.15, -0.1) is 0 Å². The number of benzene rings is 2. The van der Waals surface area contributed by atoms with Gasteiger partial charge in [-0.05, 0) is 61.7 Å². The second-order valence-corrected chi connectivity index (χ2v) is 11.1. The number of piperidine rings is 1. The Hall–Kier alpha value is -3.53. The highest BCUT2D eigenvalue weighted by molar-refractivity contribution is 7.89. The molecule has 5 rings (SSSR count). The van der Waals surface area contributed by atoms with Gasteiger partial charge in [0.2, 0.25) is 10.0 Å². The molecule has 0 spiro atoms. The fourth-order valence-electron chi connectivity index (χ4n) is 4.61. The average Bonchev–Trinajstić information content (AvgIpc) is 3.31. The molecular weight excluding hydrogens is 512 g/mol. The lowest BCUT2D eigenvalue weighted by molar-refractivity contribution is 0.102. The molecule has 0 saturated carbocycles. The number of carbonyl (C=O) groups excluding carboxylic acids is 1. The second kappa shape index (κ2) is 10.5. The number of halogens is 1. The Kier molecular flexibility index (Phi) is 7.10. The fraction of sp³-hybridized carbons (Fsp3) is 0.222. The van der Waals surface area contributed by atoms with Crippen LogP contribution in [0.4, 0.5) is 5.69 Å². The van der Waals surface area contributed by atoms with Crippen LogP contribution in [-0.2, 0) is 10.0 Å². The van der Waals surface area contributed by atoms with E-state index in [4.69, 9.17) is 16.1 Å². The largest absolute Gasteiger partial charge is 0.360 e. The molecule has 1 aliphatic rings. The van der Waals surface area contributed by atoms with Crippen LogP contribution in [0.5, 0.6) is 0 Å². The summed E-state index contributed by atoms with van der Waals surface area (Å²) in [6, 6.07) is 16.7. The van der Waals surface area contributed by atoms with Crippen LogP contribution in [0.25, 0.3) is 11.3 Å². The number of nitrogens with zero attached hydrogens (tertiary/aromatic N) is 3. The average molecular weight is 537 g/mol. The van der Waals surface area contributed by atoms with E-state index < -0.39 is 15.9 Å². The molecule has 190 valence electrons. The Bertz CT molecular complexity index is 1520. The molecule has 1 aliphatic heterocycles. The highest BCUT2D eigenvalue weighted by Crippen LogP contribution is 2.36. The second-order valence-electron chi connectivity index (χ2n) is 8.83. The number of nitrogens with one attached hydrogen (secondary N) is 1. The molecule has 2 aromatic carbocycles. The molecule has 0 radical (unpaired) electrons. The zero-order valence-corrected chi connectivity index (χ0v) is 21.7. The molecule has 1 fully saturated rings. The van der Waals surface area contributed by atoms with Crippen molar-refractivity contribution in [2.24, 2.45) is 0 Å². The third kappa shape index (κ3) is 5.02. The van der Waals surface area contributed by atoms with E-state index in [1.165, 1.54) is 12.1 Å². The molecule has 1 saturated heterocycles. The third-order valence-electron chi connectivity index (χ3n) is 6.46. The van der Waals surface area contributed by atoms with Crippen LogP contribution in [0.1, 0.15) is 47.0 Å². The number of sulfonamides is 1. The highest BCUT2D eigenvalue weighted by atomic mass is 35.5. The molecule has 1 unspecified atom stereocenters. The Morgan fingerprint density at radius 3 is 2.59 bits per heavy atom. The van der Waals surface area contributed by atoms with Gasteiger partial charge in [0.25, 0.3) is 5.91 Å². The summed E-state index contributed by atoms with van der Waals surface area (Å²) in [5.74, 6) is -0.0879. The van der Waals surface area contributed by atoms with Gasteiger partial charge in [0.15, 0.2) is 0 Å². The number of pyridine rings is 1. The SMILES string of the molecule is Cc1onc(-c2ccccc2Cl)c1C(=O)Nc1ccc(S(=O)(=O)N2CCCCC2c2cccnc2)cc1. The molecule has 0 aliphatic carbocycles. The van der Waals surface area contributed by atoms with Crippen molar-refractivity contribution in [2.45, 2.75) is 37.1 Å². The van der Waals surface area contributed by atoms with Crippen LogP contribution in [-0.4, -0.2) is 35.3 Å². The third-order valence-corrected chi connectivity index (χ3v) is 8.71. The molecule has 2 aromatic heterocycles. The van der Waals surface area contributed by atoms with Gasteiger partial charge in [-0.1, -0.05) is 47.4 Å². The van der Waals surface area contributed by atoms with E-state index >= 15 is 0 Å². The first-order valence-corrected chi connectivity index (χ1v) is 13.7. The van der Waals surface area contributed by atoms with Crippen molar-refractivity contribution in [1.29, 1.82) is 0 Å². The summed E-state index contributed by atoms with van der Waals surface area (Å²) in [7, 11) is -3.75. The molecule has 4 aromatic rings. The normalized spacial score (nSPS) is 16.4. The Morgan fingerprint density at radius 1 is 1.08 bits per heavy atom. The number of aromatic nitrogens is 2. The molecule has 1 atom stereocenters. The molecule has 1 amide bonds. The van der Waals surface area contributed by atoms with Crippen molar-refractivity contribution in [3.8, 4) is 11.3 Å². The van der Waals surface area contributed by atoms with Crippen LogP contribution >= 0.6 is 11.6 Å². The summed E-state index contributed by atoms with van der Waals surface area (Å²) in [6.45, 7) is 2.09. The van der Waals surface area contributed by atoms with Gasteiger partial charge in [-0.3, -0.25) is 9.78 Å². The van der Waals surface area contributed by atoms with Gasteiger partial charge in [-0.2, -0.15) is 4.31 Å². The smallest absolute Gasteiger partial charge is 0.261 e. The lowest BCUT2D eigenvalue weighted by Crippen LogP contribution is -2.38. The summed E-state index contributed by atoms with van der Waals surface area (Å²) in [4.78, 5) is 17.5. The number of amides is 1. The first-order chi connectivity index (χ1) is 17.9. The first-order valence-electron chi connectivity index (χ1n) is 11.9. The molecule has 10 heteroatoms. The maximum absolute atomic E-state index is 13.6. The molecule has 1 N–H and O–H groups in total. The van der Waals surface area contributed by atoms with Crippen LogP contribution in [0.15, 0.2) is 82.5 Å². The summed E-state index contributed by atoms with van der Waals surface area (Å²) in [5, 5.41) is 7.29. The number of rotatable bonds is 6. The van der Waals surface area contributed by atoms with Crippen LogP contribution in [0.3, 0.4) is 0 Å². The van der Waals surface area contributed by atoms with E-state index in [2.05, 4.69) is 15.5 Å². The molecule has 3 heterocycles. The Morgan fingerprint density at radius 2 is 1.86 bits per heavy atom. The maximum atomic E-state index is 13.6. The van der Waals surface area contributed by atoms with Crippen molar-refractivity contribution in [3.63, 3.8) is 0 Å². The van der Waals surface area contributed by atoms with Crippen LogP contribution < -0.4 is 5.32 Å². The first kappa shape index (κ1) is 25.1. The molecular formula is C27H25ClN4O4S. The summed E-state index contributed by atoms with van der Waals surface area (Å²) < 4.78 is 33.9. The predicted octanol–water partition coefficient (Wildman–Crippen LogP) is 5.87. The topological polar surface area (TPSA) is 105 Å². The minimum Gasteiger partial charge on any atom is -0.360 e.